The van der Waals surface area contributed by atoms with Gasteiger partial charge in [-0.25, -0.2) is 0 Å². The predicted molar refractivity (Wildman–Crippen MR) is 199 cm³/mol. The normalized spacial score (nSPS) is 12.1. The summed E-state index contributed by atoms with van der Waals surface area (Å²) in [6.45, 7) is 14.7. The standard InChI is InChI=1S/C32H26NS.C11H20O2.Ir/c1-20(2)16-23-18-30(33-29-15-12-21(3)17-28(23)29)22-13-14-27-25-9-5-4-8-24(25)26-10-6-7-11-31(26)34-32(27)19-22;1-8(2)5-10(12)7-11(13)6-9(3)4;/h4-12,14-15,17-20H,16H2,1-3H3;7-9,12H,5-6H2,1-4H3;/q-1;;/b;10-7-;. The largest absolute Gasteiger partial charge is 0.512 e. The minimum Gasteiger partial charge on any atom is -0.512 e. The molecule has 0 spiro atoms. The number of aliphatic hydroxyl groups excluding tert-OH is 1. The summed E-state index contributed by atoms with van der Waals surface area (Å²) in [7, 11) is 0. The van der Waals surface area contributed by atoms with Crippen molar-refractivity contribution in [2.24, 2.45) is 17.8 Å². The number of carbonyl (C=O) groups is 1. The summed E-state index contributed by atoms with van der Waals surface area (Å²) in [6.07, 6.45) is 3.50. The Morgan fingerprint density at radius 1 is 0.792 bits per heavy atom. The molecule has 0 fully saturated rings. The summed E-state index contributed by atoms with van der Waals surface area (Å²) in [5.74, 6) is 1.56. The summed E-state index contributed by atoms with van der Waals surface area (Å²) in [5, 5.41) is 10.6. The third kappa shape index (κ3) is 9.35. The number of aromatic nitrogens is 1. The Morgan fingerprint density at radius 2 is 1.44 bits per heavy atom. The van der Waals surface area contributed by atoms with Crippen LogP contribution in [-0.2, 0) is 31.3 Å². The van der Waals surface area contributed by atoms with E-state index in [0.29, 0.717) is 30.6 Å². The maximum atomic E-state index is 11.2. The van der Waals surface area contributed by atoms with Gasteiger partial charge in [-0.2, -0.15) is 0 Å². The van der Waals surface area contributed by atoms with Gasteiger partial charge in [0.05, 0.1) is 11.3 Å². The molecule has 1 aliphatic rings. The van der Waals surface area contributed by atoms with E-state index in [4.69, 9.17) is 4.98 Å². The molecular weight excluding hydrogens is 787 g/mol. The number of carbonyl (C=O) groups excluding carboxylic acids is 1. The molecule has 48 heavy (non-hydrogen) atoms. The second-order valence-electron chi connectivity index (χ2n) is 13.9. The minimum absolute atomic E-state index is 0. The molecule has 1 N–H and O–H groups in total. The van der Waals surface area contributed by atoms with Gasteiger partial charge in [0.15, 0.2) is 5.78 Å². The van der Waals surface area contributed by atoms with Crippen LogP contribution in [0.5, 0.6) is 0 Å². The van der Waals surface area contributed by atoms with E-state index in [0.717, 1.165) is 23.2 Å². The van der Waals surface area contributed by atoms with E-state index in [-0.39, 0.29) is 31.6 Å². The smallest absolute Gasteiger partial charge is 0.159 e. The molecule has 4 aromatic carbocycles. The summed E-state index contributed by atoms with van der Waals surface area (Å²) in [6, 6.07) is 34.3. The monoisotopic (exact) mass is 833 g/mol. The Kier molecular flexibility index (Phi) is 13.0. The Labute approximate surface area is 304 Å². The fraction of sp³-hybridized carbons (Fsp3) is 0.302. The summed E-state index contributed by atoms with van der Waals surface area (Å²) >= 11 is 1.84. The molecule has 0 amide bonds. The van der Waals surface area contributed by atoms with Crippen LogP contribution in [0.25, 0.3) is 44.4 Å². The van der Waals surface area contributed by atoms with Crippen LogP contribution >= 0.6 is 11.8 Å². The molecule has 5 aromatic rings. The van der Waals surface area contributed by atoms with E-state index in [1.807, 2.05) is 39.5 Å². The van der Waals surface area contributed by atoms with Crippen LogP contribution in [0.3, 0.4) is 0 Å². The molecule has 1 aromatic heterocycles. The number of rotatable bonds is 8. The van der Waals surface area contributed by atoms with Crippen LogP contribution in [-0.4, -0.2) is 15.9 Å². The van der Waals surface area contributed by atoms with Gasteiger partial charge in [-0.1, -0.05) is 118 Å². The zero-order valence-electron chi connectivity index (χ0n) is 29.1. The van der Waals surface area contributed by atoms with E-state index < -0.39 is 0 Å². The fourth-order valence-corrected chi connectivity index (χ4v) is 7.17. The first kappa shape index (κ1) is 37.3. The number of nitrogens with zero attached hydrogens (tertiary/aromatic N) is 1. The van der Waals surface area contributed by atoms with Crippen molar-refractivity contribution in [3.8, 4) is 33.5 Å². The van der Waals surface area contributed by atoms with E-state index in [2.05, 4.69) is 112 Å². The van der Waals surface area contributed by atoms with Crippen LogP contribution in [0.1, 0.15) is 65.5 Å². The molecule has 0 bridgehead atoms. The van der Waals surface area contributed by atoms with Crippen molar-refractivity contribution < 1.29 is 30.0 Å². The number of aryl methyl sites for hydroxylation is 1. The molecule has 0 unspecified atom stereocenters. The molecule has 251 valence electrons. The van der Waals surface area contributed by atoms with Gasteiger partial charge in [0.2, 0.25) is 0 Å². The molecule has 2 heterocycles. The first-order chi connectivity index (χ1) is 22.5. The number of aliphatic hydroxyl groups is 1. The van der Waals surface area contributed by atoms with Crippen LogP contribution in [0, 0.1) is 30.7 Å². The second kappa shape index (κ2) is 16.7. The van der Waals surface area contributed by atoms with Crippen molar-refractivity contribution in [2.45, 2.75) is 77.5 Å². The topological polar surface area (TPSA) is 50.2 Å². The van der Waals surface area contributed by atoms with E-state index in [1.165, 1.54) is 54.6 Å². The molecule has 0 atom stereocenters. The van der Waals surface area contributed by atoms with E-state index in [9.17, 15) is 9.90 Å². The van der Waals surface area contributed by atoms with Gasteiger partial charge in [0.1, 0.15) is 0 Å². The van der Waals surface area contributed by atoms with Crippen molar-refractivity contribution in [3.63, 3.8) is 0 Å². The molecule has 0 saturated heterocycles. The van der Waals surface area contributed by atoms with Crippen molar-refractivity contribution >= 4 is 28.4 Å². The van der Waals surface area contributed by atoms with Crippen molar-refractivity contribution in [1.29, 1.82) is 0 Å². The Bertz CT molecular complexity index is 1920. The Morgan fingerprint density at radius 3 is 2.10 bits per heavy atom. The van der Waals surface area contributed by atoms with Crippen LogP contribution in [0.2, 0.25) is 0 Å². The van der Waals surface area contributed by atoms with Crippen LogP contribution in [0.4, 0.5) is 0 Å². The van der Waals surface area contributed by atoms with Gasteiger partial charge >= 0.3 is 0 Å². The molecular formula is C43H46IrNO2S-. The number of allylic oxidation sites excluding steroid dienone is 2. The molecule has 1 radical (unpaired) electrons. The zero-order valence-corrected chi connectivity index (χ0v) is 32.3. The summed E-state index contributed by atoms with van der Waals surface area (Å²) in [5.41, 5.74) is 10.8. The molecule has 0 saturated carbocycles. The molecule has 0 aliphatic carbocycles. The van der Waals surface area contributed by atoms with Gasteiger partial charge in [0.25, 0.3) is 0 Å². The number of ketones is 1. The van der Waals surface area contributed by atoms with Crippen molar-refractivity contribution in [3.05, 3.63) is 114 Å². The first-order valence-corrected chi connectivity index (χ1v) is 17.6. The Balaban J connectivity index is 0.000000319. The zero-order chi connectivity index (χ0) is 33.7. The van der Waals surface area contributed by atoms with Crippen molar-refractivity contribution in [1.82, 2.24) is 4.98 Å². The third-order valence-corrected chi connectivity index (χ3v) is 9.17. The van der Waals surface area contributed by atoms with Crippen molar-refractivity contribution in [2.75, 3.05) is 0 Å². The SMILES string of the molecule is CC(C)CC(=O)/C=C(\O)CC(C)C.Cc1ccc2nc(-c3[c-]cc4c(c3)Sc3ccccc3-c3ccccc3-4)cc(CC(C)C)c2c1.[Ir]. The molecule has 1 aliphatic heterocycles. The minimum atomic E-state index is 0. The maximum Gasteiger partial charge on any atom is 0.159 e. The average molecular weight is 833 g/mol. The first-order valence-electron chi connectivity index (χ1n) is 16.7. The van der Waals surface area contributed by atoms with Gasteiger partial charge in [0, 0.05) is 49.3 Å². The maximum absolute atomic E-state index is 11.2. The third-order valence-electron chi connectivity index (χ3n) is 8.04. The molecule has 3 nitrogen and oxygen atoms in total. The quantitative estimate of drug-likeness (QED) is 0.0943. The van der Waals surface area contributed by atoms with Crippen LogP contribution < -0.4 is 0 Å². The number of pyridine rings is 1. The van der Waals surface area contributed by atoms with Gasteiger partial charge in [-0.05, 0) is 71.7 Å². The molecule has 6 rings (SSSR count). The number of hydrogen-bond acceptors (Lipinski definition) is 4. The summed E-state index contributed by atoms with van der Waals surface area (Å²) < 4.78 is 0. The number of fused-ring (bicyclic) bond motifs is 6. The second-order valence-corrected chi connectivity index (χ2v) is 14.9. The van der Waals surface area contributed by atoms with Gasteiger partial charge < -0.3 is 5.11 Å². The van der Waals surface area contributed by atoms with E-state index in [1.54, 1.807) is 0 Å². The molecule has 5 heteroatoms. The number of hydrogen-bond donors (Lipinski definition) is 1. The number of benzene rings is 4. The fourth-order valence-electron chi connectivity index (χ4n) is 6.04. The van der Waals surface area contributed by atoms with Crippen LogP contribution in [0.15, 0.2) is 107 Å². The average Bonchev–Trinajstić information content (AvgIpc) is 3.14. The Hall–Kier alpha value is -3.50. The van der Waals surface area contributed by atoms with E-state index >= 15 is 0 Å². The van der Waals surface area contributed by atoms with Gasteiger partial charge in [-0.15, -0.1) is 35.5 Å². The predicted octanol–water partition coefficient (Wildman–Crippen LogP) is 12.1. The summed E-state index contributed by atoms with van der Waals surface area (Å²) in [4.78, 5) is 18.8. The van der Waals surface area contributed by atoms with Gasteiger partial charge in [-0.3, -0.25) is 9.78 Å².